The van der Waals surface area contributed by atoms with E-state index in [2.05, 4.69) is 71.3 Å². The van der Waals surface area contributed by atoms with E-state index in [-0.39, 0.29) is 107 Å². The molecule has 604 valence electrons. The third-order valence-electron chi connectivity index (χ3n) is 18.3. The summed E-state index contributed by atoms with van der Waals surface area (Å²) >= 11 is 0. The maximum Gasteiger partial charge on any atom is 0.425 e. The van der Waals surface area contributed by atoms with Crippen LogP contribution in [-0.4, -0.2) is 174 Å². The molecule has 4 aromatic carbocycles. The quantitative estimate of drug-likeness (QED) is 0.0124. The Bertz CT molecular complexity index is 4530. The molecule has 0 unspecified atom stereocenters. The average molecular weight is 1620 g/mol. The second-order valence-electron chi connectivity index (χ2n) is 27.2. The van der Waals surface area contributed by atoms with E-state index in [0.717, 1.165) is 64.3 Å². The highest BCUT2D eigenvalue weighted by Crippen LogP contribution is 2.48. The lowest BCUT2D eigenvalue weighted by molar-refractivity contribution is -0.438. The van der Waals surface area contributed by atoms with Crippen molar-refractivity contribution in [2.45, 2.75) is 179 Å². The van der Waals surface area contributed by atoms with Crippen molar-refractivity contribution in [3.63, 3.8) is 0 Å². The number of ether oxygens (including phenoxy) is 2. The third kappa shape index (κ3) is 33.5. The summed E-state index contributed by atoms with van der Waals surface area (Å²) in [7, 11) is -14.8. The highest BCUT2D eigenvalue weighted by Gasteiger charge is 2.44. The lowest BCUT2D eigenvalue weighted by Crippen LogP contribution is -2.46. The summed E-state index contributed by atoms with van der Waals surface area (Å²) in [5.74, 6) is -5.20. The second-order valence-corrected chi connectivity index (χ2v) is 31.2. The SMILES string of the molecule is CC1(C)C(=CC=C2OCCC(C=CC3=[N+](CCCCS(=O)(=O)O)c4ccccc4C3(C)C)=C2Oc2ccc(C[C@H](CC(=O)[C@H](Cc3ccccc3)NC(=O)CCCCCCCCC(=O)CC[C@H](NC(=O)NCCCC(=O)O)C(=O)O)C(=O)O)cc2)N(CCCCS(=O)(=O)[O-])c2ccccc21.O=C=O.O=S(=O)=O.O=S(=O)=O. The van der Waals surface area contributed by atoms with Crippen LogP contribution < -0.4 is 25.6 Å². The van der Waals surface area contributed by atoms with Crippen molar-refractivity contribution in [2.24, 2.45) is 5.92 Å². The Morgan fingerprint density at radius 3 is 1.85 bits per heavy atom. The first kappa shape index (κ1) is 93.2. The molecule has 3 aliphatic rings. The number of carbonyl (C=O) groups excluding carboxylic acids is 6. The number of unbranched alkanes of at least 4 members (excludes halogenated alkanes) is 7. The number of hydrogen-bond donors (Lipinski definition) is 7. The maximum absolute atomic E-state index is 14.3. The van der Waals surface area contributed by atoms with Gasteiger partial charge in [-0.25, -0.2) is 18.0 Å². The van der Waals surface area contributed by atoms with Crippen LogP contribution in [0.4, 0.5) is 16.2 Å². The van der Waals surface area contributed by atoms with Crippen LogP contribution in [0.5, 0.6) is 5.75 Å². The predicted molar refractivity (Wildman–Crippen MR) is 402 cm³/mol. The van der Waals surface area contributed by atoms with Gasteiger partial charge in [-0.1, -0.05) is 118 Å². The number of rotatable bonds is 42. The zero-order chi connectivity index (χ0) is 82.5. The first-order chi connectivity index (χ1) is 52.4. The van der Waals surface area contributed by atoms with Crippen molar-refractivity contribution in [3.8, 4) is 5.75 Å². The lowest BCUT2D eigenvalue weighted by Gasteiger charge is -2.27. The number of allylic oxidation sites excluding steroid dienone is 5. The summed E-state index contributed by atoms with van der Waals surface area (Å²) in [5, 5.41) is 36.5. The van der Waals surface area contributed by atoms with Gasteiger partial charge in [-0.05, 0) is 125 Å². The minimum Gasteiger partial charge on any atom is -0.748 e. The minimum absolute atomic E-state index is 0.0206. The van der Waals surface area contributed by atoms with Gasteiger partial charge >= 0.3 is 51.3 Å². The number of carboxylic acid groups (broad SMARTS) is 3. The van der Waals surface area contributed by atoms with E-state index in [9.17, 15) is 69.7 Å². The van der Waals surface area contributed by atoms with E-state index in [0.29, 0.717) is 74.4 Å². The van der Waals surface area contributed by atoms with Gasteiger partial charge in [0.2, 0.25) is 11.6 Å². The molecule has 7 rings (SSSR count). The molecule has 31 nitrogen and oxygen atoms in total. The van der Waals surface area contributed by atoms with Crippen LogP contribution in [0.3, 0.4) is 0 Å². The number of fused-ring (bicyclic) bond motifs is 2. The lowest BCUT2D eigenvalue weighted by atomic mass is 9.81. The molecular weight excluding hydrogens is 1530 g/mol. The summed E-state index contributed by atoms with van der Waals surface area (Å²) in [6.07, 6.45) is 14.0. The first-order valence-corrected chi connectivity index (χ1v) is 40.9. The average Bonchev–Trinajstić information content (AvgIpc) is 1.60. The topological polar surface area (TPSA) is 489 Å². The second kappa shape index (κ2) is 46.5. The van der Waals surface area contributed by atoms with Crippen molar-refractivity contribution in [1.82, 2.24) is 16.0 Å². The number of hydrogen-bond acceptors (Lipinski definition) is 23. The summed E-state index contributed by atoms with van der Waals surface area (Å²) in [4.78, 5) is 106. The van der Waals surface area contributed by atoms with Crippen LogP contribution in [0.15, 0.2) is 150 Å². The number of para-hydroxylation sites is 2. The number of carbonyl (C=O) groups is 7. The van der Waals surface area contributed by atoms with Crippen molar-refractivity contribution in [1.29, 1.82) is 0 Å². The molecular formula is C76H95N5O26S4. The number of ketones is 2. The monoisotopic (exact) mass is 1620 g/mol. The van der Waals surface area contributed by atoms with Crippen molar-refractivity contribution in [2.75, 3.05) is 42.6 Å². The number of anilines is 1. The smallest absolute Gasteiger partial charge is 0.425 e. The van der Waals surface area contributed by atoms with Gasteiger partial charge in [-0.2, -0.15) is 22.6 Å². The van der Waals surface area contributed by atoms with Crippen LogP contribution in [0.25, 0.3) is 0 Å². The molecule has 4 aromatic rings. The Hall–Kier alpha value is -10.2. The van der Waals surface area contributed by atoms with Crippen molar-refractivity contribution < 1.29 is 124 Å². The summed E-state index contributed by atoms with van der Waals surface area (Å²) in [6, 6.07) is 29.0. The number of urea groups is 1. The van der Waals surface area contributed by atoms with E-state index in [1.165, 1.54) is 0 Å². The standard InChI is InChI=1S/C75H95N5O18S2.CO2.2O3S/c1-74(2)58-26-14-16-28-62(58)79(44-18-20-47-99(91,92)93)66(74)40-34-54-42-46-97-65(39-41-67-75(3,4)59-27-15-17-29-63(59)80(67)45-19-21-48-100(94,95)96)70(54)98-57-36-32-53(33-37-57)49-55(71(86)87)51-64(82)61(50-52-23-10-9-11-24-52)77-68(83)30-13-8-6-5-7-12-25-56(81)35-38-60(72(88)89)78-73(90)76-43-22-31-69(84)85;2-1-3;2*1-4(2)3/h9-11,14-17,23-24,26-29,32-34,36-37,39-41,55,60-61H,5-8,12-13,18-22,25,30-31,35,38,42-51H2,1-4H3,(H7-,76,77,78,83,84,85,86,87,88,89,90,91,92,93,94,95,96);;;/t55-,60+,61+;;;/m1.../s1. The van der Waals surface area contributed by atoms with Gasteiger partial charge in [-0.15, -0.1) is 25.3 Å². The predicted octanol–water partition coefficient (Wildman–Crippen LogP) is 8.36. The molecule has 35 heteroatoms. The van der Waals surface area contributed by atoms with Crippen molar-refractivity contribution in [3.05, 3.63) is 172 Å². The third-order valence-corrected chi connectivity index (χ3v) is 19.9. The largest absolute Gasteiger partial charge is 0.748 e. The molecule has 0 fully saturated rings. The number of Topliss-reactive ketones (excluding diaryl/α,β-unsaturated/α-hetero) is 2. The molecule has 0 bridgehead atoms. The van der Waals surface area contributed by atoms with Gasteiger partial charge in [0.1, 0.15) is 24.1 Å². The van der Waals surface area contributed by atoms with Gasteiger partial charge in [0.15, 0.2) is 23.0 Å². The number of aliphatic carboxylic acids is 3. The molecule has 3 heterocycles. The van der Waals surface area contributed by atoms with Crippen LogP contribution in [0, 0.1) is 5.92 Å². The van der Waals surface area contributed by atoms with Crippen LogP contribution in [0.2, 0.25) is 0 Å². The Labute approximate surface area is 648 Å². The number of carboxylic acids is 3. The van der Waals surface area contributed by atoms with E-state index in [1.807, 2.05) is 85.0 Å². The molecule has 3 amide bonds. The van der Waals surface area contributed by atoms with Crippen LogP contribution in [0.1, 0.15) is 166 Å². The van der Waals surface area contributed by atoms with Gasteiger partial charge < -0.3 is 50.2 Å². The number of benzene rings is 4. The molecule has 0 aliphatic carbocycles. The normalized spacial score (nSPS) is 15.4. The highest BCUT2D eigenvalue weighted by molar-refractivity contribution is 7.85. The number of nitrogens with zero attached hydrogens (tertiary/aromatic N) is 2. The molecule has 3 atom stereocenters. The summed E-state index contributed by atoms with van der Waals surface area (Å²) < 4.78 is 134. The fourth-order valence-corrected chi connectivity index (χ4v) is 14.1. The molecule has 0 saturated heterocycles. The minimum atomic E-state index is -4.40. The molecule has 0 saturated carbocycles. The van der Waals surface area contributed by atoms with E-state index in [1.54, 1.807) is 24.3 Å². The van der Waals surface area contributed by atoms with Crippen molar-refractivity contribution >= 4 is 106 Å². The zero-order valence-corrected chi connectivity index (χ0v) is 65.3. The van der Waals surface area contributed by atoms with Gasteiger partial charge in [0.25, 0.3) is 10.1 Å². The highest BCUT2D eigenvalue weighted by atomic mass is 32.2. The fraction of sp³-hybridized carbons (Fsp3) is 0.461. The first-order valence-electron chi connectivity index (χ1n) is 35.7. The maximum atomic E-state index is 14.3. The van der Waals surface area contributed by atoms with E-state index < -0.39 is 106 Å². The molecule has 7 N–H and O–H groups in total. The zero-order valence-electron chi connectivity index (χ0n) is 62.0. The molecule has 3 aliphatic heterocycles. The molecule has 0 aromatic heterocycles. The number of amides is 3. The Kier molecular flexibility index (Phi) is 39.0. The van der Waals surface area contributed by atoms with Gasteiger partial charge in [-0.3, -0.25) is 28.5 Å². The Morgan fingerprint density at radius 2 is 1.23 bits per heavy atom. The fourth-order valence-electron chi connectivity index (χ4n) is 13.0. The van der Waals surface area contributed by atoms with Gasteiger partial charge in [0, 0.05) is 104 Å². The Balaban J connectivity index is 0.00000221. The summed E-state index contributed by atoms with van der Waals surface area (Å²) in [6.45, 7) is 9.72. The molecule has 0 radical (unpaired) electrons. The van der Waals surface area contributed by atoms with Crippen LogP contribution in [-0.2, 0) is 108 Å². The summed E-state index contributed by atoms with van der Waals surface area (Å²) in [5.41, 5.74) is 7.11. The van der Waals surface area contributed by atoms with Crippen LogP contribution >= 0.6 is 0 Å². The van der Waals surface area contributed by atoms with E-state index in [4.69, 9.17) is 49.4 Å². The molecule has 111 heavy (non-hydrogen) atoms. The van der Waals surface area contributed by atoms with E-state index >= 15 is 0 Å². The number of nitrogens with one attached hydrogen (secondary N) is 3. The Morgan fingerprint density at radius 1 is 0.649 bits per heavy atom. The molecule has 0 spiro atoms. The van der Waals surface area contributed by atoms with Gasteiger partial charge in [0.05, 0.1) is 39.9 Å².